The highest BCUT2D eigenvalue weighted by Gasteiger charge is 2.15. The normalized spacial score (nSPS) is 12.5. The molecule has 0 radical (unpaired) electrons. The van der Waals surface area contributed by atoms with E-state index in [0.29, 0.717) is 0 Å². The lowest BCUT2D eigenvalue weighted by atomic mass is 10.2. The van der Waals surface area contributed by atoms with Gasteiger partial charge in [0, 0.05) is 18.8 Å². The maximum absolute atomic E-state index is 5.97. The van der Waals surface area contributed by atoms with Crippen LogP contribution in [0.4, 0.5) is 17.1 Å². The Labute approximate surface area is 106 Å². The molecule has 0 aliphatic carbocycles. The molecule has 0 bridgehead atoms. The molecule has 2 aromatic rings. The molecule has 0 saturated heterocycles. The molecule has 3 rings (SSSR count). The van der Waals surface area contributed by atoms with E-state index >= 15 is 0 Å². The predicted molar refractivity (Wildman–Crippen MR) is 71.5 cm³/mol. The number of rotatable bonds is 2. The Morgan fingerprint density at radius 3 is 2.67 bits per heavy atom. The van der Waals surface area contributed by atoms with Gasteiger partial charge in [-0.15, -0.1) is 0 Å². The van der Waals surface area contributed by atoms with Gasteiger partial charge in [0.25, 0.3) is 0 Å². The second-order valence-corrected chi connectivity index (χ2v) is 4.16. The fourth-order valence-electron chi connectivity index (χ4n) is 2.03. The van der Waals surface area contributed by atoms with Crippen molar-refractivity contribution in [1.29, 1.82) is 0 Å². The number of nitrogen functional groups attached to an aromatic ring is 1. The van der Waals surface area contributed by atoms with E-state index in [0.717, 1.165) is 28.6 Å². The number of benzene rings is 2. The van der Waals surface area contributed by atoms with E-state index in [1.165, 1.54) is 0 Å². The Morgan fingerprint density at radius 1 is 1.06 bits per heavy atom. The van der Waals surface area contributed by atoms with Crippen LogP contribution >= 0.6 is 0 Å². The lowest BCUT2D eigenvalue weighted by Crippen LogP contribution is -2.11. The first kappa shape index (κ1) is 10.8. The molecule has 4 heteroatoms. The number of anilines is 3. The van der Waals surface area contributed by atoms with Crippen molar-refractivity contribution < 1.29 is 9.47 Å². The second kappa shape index (κ2) is 4.14. The maximum Gasteiger partial charge on any atom is 0.231 e. The van der Waals surface area contributed by atoms with Gasteiger partial charge in [-0.25, -0.2) is 0 Å². The van der Waals surface area contributed by atoms with Gasteiger partial charge in [-0.1, -0.05) is 12.1 Å². The molecule has 0 amide bonds. The fourth-order valence-corrected chi connectivity index (χ4v) is 2.03. The molecule has 0 fully saturated rings. The number of para-hydroxylation sites is 2. The van der Waals surface area contributed by atoms with Crippen LogP contribution in [0.2, 0.25) is 0 Å². The first-order valence-electron chi connectivity index (χ1n) is 5.73. The molecule has 0 unspecified atom stereocenters. The second-order valence-electron chi connectivity index (χ2n) is 4.16. The molecular formula is C14H14N2O2. The Bertz CT molecular complexity index is 584. The van der Waals surface area contributed by atoms with Gasteiger partial charge in [0.2, 0.25) is 6.79 Å². The van der Waals surface area contributed by atoms with Crippen LogP contribution in [0.5, 0.6) is 11.5 Å². The minimum Gasteiger partial charge on any atom is -0.454 e. The highest BCUT2D eigenvalue weighted by molar-refractivity contribution is 5.75. The van der Waals surface area contributed by atoms with Gasteiger partial charge in [-0.05, 0) is 24.3 Å². The molecule has 0 saturated carbocycles. The molecule has 0 aromatic heterocycles. The van der Waals surface area contributed by atoms with Gasteiger partial charge in [0.05, 0.1) is 11.4 Å². The van der Waals surface area contributed by atoms with Crippen molar-refractivity contribution in [1.82, 2.24) is 0 Å². The van der Waals surface area contributed by atoms with Crippen LogP contribution in [0, 0.1) is 0 Å². The first-order valence-corrected chi connectivity index (χ1v) is 5.73. The van der Waals surface area contributed by atoms with Gasteiger partial charge >= 0.3 is 0 Å². The summed E-state index contributed by atoms with van der Waals surface area (Å²) >= 11 is 0. The molecular weight excluding hydrogens is 228 g/mol. The van der Waals surface area contributed by atoms with Gasteiger partial charge < -0.3 is 20.1 Å². The van der Waals surface area contributed by atoms with E-state index in [-0.39, 0.29) is 6.79 Å². The van der Waals surface area contributed by atoms with Gasteiger partial charge in [0.15, 0.2) is 11.5 Å². The molecule has 0 spiro atoms. The molecule has 1 heterocycles. The summed E-state index contributed by atoms with van der Waals surface area (Å²) in [6, 6.07) is 13.6. The summed E-state index contributed by atoms with van der Waals surface area (Å²) in [7, 11) is 1.98. The molecule has 2 N–H and O–H groups in total. The van der Waals surface area contributed by atoms with Crippen molar-refractivity contribution in [3.8, 4) is 11.5 Å². The average molecular weight is 242 g/mol. The summed E-state index contributed by atoms with van der Waals surface area (Å²) in [5.74, 6) is 1.56. The number of nitrogens with zero attached hydrogens (tertiary/aromatic N) is 1. The highest BCUT2D eigenvalue weighted by Crippen LogP contribution is 2.37. The zero-order valence-electron chi connectivity index (χ0n) is 10.1. The predicted octanol–water partition coefficient (Wildman–Crippen LogP) is 2.77. The molecule has 4 nitrogen and oxygen atoms in total. The monoisotopic (exact) mass is 242 g/mol. The maximum atomic E-state index is 5.97. The van der Waals surface area contributed by atoms with Crippen LogP contribution in [0.1, 0.15) is 0 Å². The summed E-state index contributed by atoms with van der Waals surface area (Å²) in [5.41, 5.74) is 8.70. The van der Waals surface area contributed by atoms with Crippen LogP contribution in [-0.2, 0) is 0 Å². The topological polar surface area (TPSA) is 47.7 Å². The van der Waals surface area contributed by atoms with E-state index in [1.54, 1.807) is 0 Å². The van der Waals surface area contributed by atoms with E-state index in [9.17, 15) is 0 Å². The summed E-state index contributed by atoms with van der Waals surface area (Å²) in [4.78, 5) is 2.03. The minimum absolute atomic E-state index is 0.288. The van der Waals surface area contributed by atoms with Crippen LogP contribution in [0.3, 0.4) is 0 Å². The average Bonchev–Trinajstić information content (AvgIpc) is 2.85. The third kappa shape index (κ3) is 1.72. The molecule has 1 aliphatic rings. The molecule has 18 heavy (non-hydrogen) atoms. The number of fused-ring (bicyclic) bond motifs is 1. The molecule has 0 atom stereocenters. The molecule has 2 aromatic carbocycles. The van der Waals surface area contributed by atoms with Gasteiger partial charge in [0.1, 0.15) is 0 Å². The van der Waals surface area contributed by atoms with Crippen molar-refractivity contribution in [2.75, 3.05) is 24.5 Å². The lowest BCUT2D eigenvalue weighted by molar-refractivity contribution is 0.174. The van der Waals surface area contributed by atoms with Gasteiger partial charge in [-0.2, -0.15) is 0 Å². The largest absolute Gasteiger partial charge is 0.454 e. The number of ether oxygens (including phenoxy) is 2. The standard InChI is InChI=1S/C14H14N2O2/c1-16(12-5-3-2-4-11(12)15)10-6-7-13-14(8-10)18-9-17-13/h2-8H,9,15H2,1H3. The van der Waals surface area contributed by atoms with E-state index in [2.05, 4.69) is 0 Å². The first-order chi connectivity index (χ1) is 8.75. The summed E-state index contributed by atoms with van der Waals surface area (Å²) in [6.07, 6.45) is 0. The van der Waals surface area contributed by atoms with E-state index < -0.39 is 0 Å². The zero-order chi connectivity index (χ0) is 12.5. The lowest BCUT2D eigenvalue weighted by Gasteiger charge is -2.21. The van der Waals surface area contributed by atoms with Crippen molar-refractivity contribution in [2.24, 2.45) is 0 Å². The quantitative estimate of drug-likeness (QED) is 0.823. The molecule has 92 valence electrons. The summed E-state index contributed by atoms with van der Waals surface area (Å²) in [5, 5.41) is 0. The smallest absolute Gasteiger partial charge is 0.231 e. The SMILES string of the molecule is CN(c1ccc2c(c1)OCO2)c1ccccc1N. The van der Waals surface area contributed by atoms with E-state index in [4.69, 9.17) is 15.2 Å². The van der Waals surface area contributed by atoms with Crippen LogP contribution in [-0.4, -0.2) is 13.8 Å². The number of nitrogens with two attached hydrogens (primary N) is 1. The Kier molecular flexibility index (Phi) is 2.48. The van der Waals surface area contributed by atoms with Crippen molar-refractivity contribution in [3.63, 3.8) is 0 Å². The van der Waals surface area contributed by atoms with Crippen LogP contribution < -0.4 is 20.1 Å². The third-order valence-electron chi connectivity index (χ3n) is 3.04. The van der Waals surface area contributed by atoms with Gasteiger partial charge in [-0.3, -0.25) is 0 Å². The van der Waals surface area contributed by atoms with Crippen molar-refractivity contribution in [2.45, 2.75) is 0 Å². The van der Waals surface area contributed by atoms with Crippen LogP contribution in [0.25, 0.3) is 0 Å². The Morgan fingerprint density at radius 2 is 1.83 bits per heavy atom. The zero-order valence-corrected chi connectivity index (χ0v) is 10.1. The number of hydrogen-bond donors (Lipinski definition) is 1. The minimum atomic E-state index is 0.288. The fraction of sp³-hybridized carbons (Fsp3) is 0.143. The van der Waals surface area contributed by atoms with E-state index in [1.807, 2.05) is 54.4 Å². The third-order valence-corrected chi connectivity index (χ3v) is 3.04. The molecule has 1 aliphatic heterocycles. The highest BCUT2D eigenvalue weighted by atomic mass is 16.7. The Balaban J connectivity index is 1.98. The van der Waals surface area contributed by atoms with Crippen molar-refractivity contribution in [3.05, 3.63) is 42.5 Å². The number of hydrogen-bond acceptors (Lipinski definition) is 4. The van der Waals surface area contributed by atoms with Crippen LogP contribution in [0.15, 0.2) is 42.5 Å². The summed E-state index contributed by atoms with van der Waals surface area (Å²) in [6.45, 7) is 0.288. The summed E-state index contributed by atoms with van der Waals surface area (Å²) < 4.78 is 10.7. The van der Waals surface area contributed by atoms with Crippen molar-refractivity contribution >= 4 is 17.1 Å². The Hall–Kier alpha value is -2.36.